The first-order valence-electron chi connectivity index (χ1n) is 10.1. The van der Waals surface area contributed by atoms with E-state index in [1.54, 1.807) is 61.5 Å². The molecule has 3 aromatic rings. The van der Waals surface area contributed by atoms with Gasteiger partial charge in [0.25, 0.3) is 5.91 Å². The summed E-state index contributed by atoms with van der Waals surface area (Å²) >= 11 is 0. The van der Waals surface area contributed by atoms with E-state index < -0.39 is 28.0 Å². The van der Waals surface area contributed by atoms with Gasteiger partial charge in [0.15, 0.2) is 0 Å². The Labute approximate surface area is 192 Å². The van der Waals surface area contributed by atoms with Gasteiger partial charge in [0, 0.05) is 5.56 Å². The van der Waals surface area contributed by atoms with Gasteiger partial charge in [-0.05, 0) is 43.7 Å². The Bertz CT molecular complexity index is 1260. The number of nitrogens with two attached hydrogens (primary N) is 1. The minimum absolute atomic E-state index is 0.00928. The van der Waals surface area contributed by atoms with Crippen LogP contribution in [-0.2, 0) is 19.6 Å². The summed E-state index contributed by atoms with van der Waals surface area (Å²) in [4.78, 5) is 25.9. The maximum Gasteiger partial charge on any atom is 0.339 e. The third-order valence-electron chi connectivity index (χ3n) is 4.77. The molecule has 0 spiro atoms. The molecule has 3 aromatic carbocycles. The minimum Gasteiger partial charge on any atom is -0.492 e. The molecular weight excluding hydrogens is 444 g/mol. The standard InChI is InChI=1S/C24H24N2O6S/c1-3-31-21-12-8-7-11-20(21)26-23(27)22(17-9-5-4-6-10-17)32-24(28)19-15-18(33(25,29)30)14-13-16(19)2/h4-15,22H,3H2,1-2H3,(H,26,27)(H2,25,29,30). The second-order valence-corrected chi connectivity index (χ2v) is 8.70. The number of amides is 1. The summed E-state index contributed by atoms with van der Waals surface area (Å²) in [6.07, 6.45) is -1.30. The van der Waals surface area contributed by atoms with E-state index >= 15 is 0 Å². The zero-order valence-electron chi connectivity index (χ0n) is 18.1. The fraction of sp³-hybridized carbons (Fsp3) is 0.167. The molecule has 0 aliphatic heterocycles. The molecule has 0 saturated heterocycles. The number of sulfonamides is 1. The van der Waals surface area contributed by atoms with Crippen molar-refractivity contribution < 1.29 is 27.5 Å². The molecule has 0 aliphatic carbocycles. The van der Waals surface area contributed by atoms with E-state index in [0.29, 0.717) is 29.2 Å². The van der Waals surface area contributed by atoms with E-state index in [-0.39, 0.29) is 10.5 Å². The van der Waals surface area contributed by atoms with Crippen LogP contribution < -0.4 is 15.2 Å². The predicted molar refractivity (Wildman–Crippen MR) is 123 cm³/mol. The van der Waals surface area contributed by atoms with Gasteiger partial charge in [0.2, 0.25) is 16.1 Å². The van der Waals surface area contributed by atoms with Crippen molar-refractivity contribution in [2.75, 3.05) is 11.9 Å². The molecule has 0 fully saturated rings. The number of aryl methyl sites for hydroxylation is 1. The highest BCUT2D eigenvalue weighted by Crippen LogP contribution is 2.28. The van der Waals surface area contributed by atoms with Crippen molar-refractivity contribution >= 4 is 27.6 Å². The molecule has 1 atom stereocenters. The number of hydrogen-bond donors (Lipinski definition) is 2. The normalized spacial score (nSPS) is 12.0. The Morgan fingerprint density at radius 1 is 1.00 bits per heavy atom. The van der Waals surface area contributed by atoms with Crippen molar-refractivity contribution in [3.05, 3.63) is 89.5 Å². The predicted octanol–water partition coefficient (Wildman–Crippen LogP) is 3.58. The molecule has 9 heteroatoms. The van der Waals surface area contributed by atoms with E-state index in [9.17, 15) is 18.0 Å². The molecule has 1 unspecified atom stereocenters. The number of nitrogens with one attached hydrogen (secondary N) is 1. The van der Waals surface area contributed by atoms with Gasteiger partial charge < -0.3 is 14.8 Å². The molecule has 0 bridgehead atoms. The molecule has 0 heterocycles. The highest BCUT2D eigenvalue weighted by molar-refractivity contribution is 7.89. The van der Waals surface area contributed by atoms with Crippen LogP contribution in [0.5, 0.6) is 5.75 Å². The van der Waals surface area contributed by atoms with Crippen LogP contribution in [0.25, 0.3) is 0 Å². The van der Waals surface area contributed by atoms with Crippen LogP contribution in [-0.4, -0.2) is 26.9 Å². The number of para-hydroxylation sites is 2. The maximum absolute atomic E-state index is 13.2. The van der Waals surface area contributed by atoms with Crippen LogP contribution in [0.1, 0.15) is 34.5 Å². The average molecular weight is 469 g/mol. The lowest BCUT2D eigenvalue weighted by Crippen LogP contribution is -2.26. The summed E-state index contributed by atoms with van der Waals surface area (Å²) in [6.45, 7) is 3.86. The molecule has 172 valence electrons. The lowest BCUT2D eigenvalue weighted by molar-refractivity contribution is -0.125. The first kappa shape index (κ1) is 24.0. The highest BCUT2D eigenvalue weighted by atomic mass is 32.2. The molecule has 0 aromatic heterocycles. The number of primary sulfonamides is 1. The number of rotatable bonds is 8. The zero-order valence-corrected chi connectivity index (χ0v) is 19.0. The van der Waals surface area contributed by atoms with Crippen molar-refractivity contribution in [2.24, 2.45) is 5.14 Å². The average Bonchev–Trinajstić information content (AvgIpc) is 2.78. The first-order chi connectivity index (χ1) is 15.7. The van der Waals surface area contributed by atoms with Gasteiger partial charge in [-0.3, -0.25) is 4.79 Å². The van der Waals surface area contributed by atoms with Gasteiger partial charge in [0.1, 0.15) is 5.75 Å². The van der Waals surface area contributed by atoms with Crippen LogP contribution in [0.3, 0.4) is 0 Å². The monoisotopic (exact) mass is 468 g/mol. The molecule has 0 saturated carbocycles. The fourth-order valence-electron chi connectivity index (χ4n) is 3.12. The molecule has 8 nitrogen and oxygen atoms in total. The number of anilines is 1. The maximum atomic E-state index is 13.2. The van der Waals surface area contributed by atoms with Gasteiger partial charge in [0.05, 0.1) is 22.8 Å². The molecule has 3 rings (SSSR count). The fourth-order valence-corrected chi connectivity index (χ4v) is 3.66. The van der Waals surface area contributed by atoms with Crippen LogP contribution in [0.4, 0.5) is 5.69 Å². The second kappa shape index (κ2) is 10.3. The largest absolute Gasteiger partial charge is 0.492 e. The number of carbonyl (C=O) groups excluding carboxylic acids is 2. The van der Waals surface area contributed by atoms with Crippen molar-refractivity contribution in [2.45, 2.75) is 24.8 Å². The smallest absolute Gasteiger partial charge is 0.339 e. The topological polar surface area (TPSA) is 125 Å². The van der Waals surface area contributed by atoms with E-state index in [1.165, 1.54) is 12.1 Å². The van der Waals surface area contributed by atoms with Gasteiger partial charge in [-0.1, -0.05) is 48.5 Å². The van der Waals surface area contributed by atoms with Crippen LogP contribution >= 0.6 is 0 Å². The van der Waals surface area contributed by atoms with E-state index in [0.717, 1.165) is 6.07 Å². The number of esters is 1. The Hall–Kier alpha value is -3.69. The minimum atomic E-state index is -4.02. The molecule has 0 radical (unpaired) electrons. The van der Waals surface area contributed by atoms with Crippen LogP contribution in [0.2, 0.25) is 0 Å². The van der Waals surface area contributed by atoms with Crippen molar-refractivity contribution in [1.29, 1.82) is 0 Å². The van der Waals surface area contributed by atoms with Crippen LogP contribution in [0.15, 0.2) is 77.7 Å². The Morgan fingerprint density at radius 3 is 2.33 bits per heavy atom. The lowest BCUT2D eigenvalue weighted by atomic mass is 10.1. The van der Waals surface area contributed by atoms with E-state index in [2.05, 4.69) is 5.32 Å². The Balaban J connectivity index is 1.93. The zero-order chi connectivity index (χ0) is 24.0. The second-order valence-electron chi connectivity index (χ2n) is 7.14. The summed E-state index contributed by atoms with van der Waals surface area (Å²) in [7, 11) is -4.02. The quantitative estimate of drug-likeness (QED) is 0.487. The number of ether oxygens (including phenoxy) is 2. The highest BCUT2D eigenvalue weighted by Gasteiger charge is 2.27. The summed E-state index contributed by atoms with van der Waals surface area (Å²) < 4.78 is 34.5. The molecule has 33 heavy (non-hydrogen) atoms. The Kier molecular flexibility index (Phi) is 7.47. The summed E-state index contributed by atoms with van der Waals surface area (Å²) in [5.41, 5.74) is 1.33. The summed E-state index contributed by atoms with van der Waals surface area (Å²) in [6, 6.07) is 19.3. The van der Waals surface area contributed by atoms with E-state index in [1.807, 2.05) is 6.92 Å². The third-order valence-corrected chi connectivity index (χ3v) is 5.68. The van der Waals surface area contributed by atoms with Gasteiger partial charge in [-0.15, -0.1) is 0 Å². The number of carbonyl (C=O) groups is 2. The molecule has 3 N–H and O–H groups in total. The molecule has 0 aliphatic rings. The van der Waals surface area contributed by atoms with Crippen molar-refractivity contribution in [3.63, 3.8) is 0 Å². The van der Waals surface area contributed by atoms with Gasteiger partial charge in [-0.2, -0.15) is 0 Å². The third kappa shape index (κ3) is 5.97. The SMILES string of the molecule is CCOc1ccccc1NC(=O)C(OC(=O)c1cc(S(N)(=O)=O)ccc1C)c1ccccc1. The van der Waals surface area contributed by atoms with Crippen molar-refractivity contribution in [1.82, 2.24) is 0 Å². The van der Waals surface area contributed by atoms with Gasteiger partial charge in [-0.25, -0.2) is 18.4 Å². The lowest BCUT2D eigenvalue weighted by Gasteiger charge is -2.20. The first-order valence-corrected chi connectivity index (χ1v) is 11.7. The van der Waals surface area contributed by atoms with Gasteiger partial charge >= 0.3 is 5.97 Å². The molecular formula is C24H24N2O6S. The summed E-state index contributed by atoms with van der Waals surface area (Å²) in [5, 5.41) is 7.93. The van der Waals surface area contributed by atoms with E-state index in [4.69, 9.17) is 14.6 Å². The number of hydrogen-bond acceptors (Lipinski definition) is 6. The van der Waals surface area contributed by atoms with Crippen molar-refractivity contribution in [3.8, 4) is 5.75 Å². The Morgan fingerprint density at radius 2 is 1.67 bits per heavy atom. The summed E-state index contributed by atoms with van der Waals surface area (Å²) in [5.74, 6) is -0.981. The molecule has 1 amide bonds. The number of benzene rings is 3. The van der Waals surface area contributed by atoms with Crippen LogP contribution in [0, 0.1) is 6.92 Å².